The molecule has 3 rings (SSSR count). The minimum absolute atomic E-state index is 0.0302. The Morgan fingerprint density at radius 3 is 2.79 bits per heavy atom. The number of nitrogens with zero attached hydrogens (tertiary/aromatic N) is 2. The molecular weight excluding hydrogens is 311 g/mol. The van der Waals surface area contributed by atoms with Crippen molar-refractivity contribution in [1.82, 2.24) is 10.2 Å². The van der Waals surface area contributed by atoms with Crippen molar-refractivity contribution >= 4 is 17.6 Å². The van der Waals surface area contributed by atoms with Gasteiger partial charge in [0.2, 0.25) is 0 Å². The number of benzene rings is 1. The molecule has 0 atom stereocenters. The Balaban J connectivity index is 1.54. The number of rotatable bonds is 5. The van der Waals surface area contributed by atoms with Crippen molar-refractivity contribution in [2.75, 3.05) is 18.4 Å². The average Bonchev–Trinajstić information content (AvgIpc) is 3.12. The molecule has 1 aliphatic heterocycles. The van der Waals surface area contributed by atoms with Crippen molar-refractivity contribution in [1.29, 1.82) is 5.26 Å². The maximum atomic E-state index is 13.5. The quantitative estimate of drug-likeness (QED) is 0.641. The molecule has 3 amide bonds. The zero-order chi connectivity index (χ0) is 17.2. The Morgan fingerprint density at radius 1 is 1.33 bits per heavy atom. The van der Waals surface area contributed by atoms with Crippen LogP contribution in [-0.2, 0) is 4.79 Å². The van der Waals surface area contributed by atoms with Crippen LogP contribution < -0.4 is 10.6 Å². The van der Waals surface area contributed by atoms with Gasteiger partial charge in [0.15, 0.2) is 0 Å². The fourth-order valence-corrected chi connectivity index (χ4v) is 3.44. The molecule has 1 saturated carbocycles. The predicted molar refractivity (Wildman–Crippen MR) is 85.7 cm³/mol. The van der Waals surface area contributed by atoms with Gasteiger partial charge in [0.1, 0.15) is 23.0 Å². The van der Waals surface area contributed by atoms with E-state index in [4.69, 9.17) is 5.26 Å². The first-order valence-electron chi connectivity index (χ1n) is 8.14. The van der Waals surface area contributed by atoms with E-state index < -0.39 is 11.4 Å². The van der Waals surface area contributed by atoms with Crippen molar-refractivity contribution in [3.63, 3.8) is 0 Å². The third-order valence-corrected chi connectivity index (χ3v) is 4.70. The van der Waals surface area contributed by atoms with Gasteiger partial charge in [0.05, 0.1) is 5.69 Å². The van der Waals surface area contributed by atoms with E-state index in [1.807, 2.05) is 6.07 Å². The Labute approximate surface area is 139 Å². The Kier molecular flexibility index (Phi) is 4.38. The number of hydrogen-bond donors (Lipinski definition) is 2. The number of amides is 3. The lowest BCUT2D eigenvalue weighted by Crippen LogP contribution is -2.44. The van der Waals surface area contributed by atoms with Gasteiger partial charge >= 0.3 is 6.03 Å². The first kappa shape index (κ1) is 16.2. The minimum atomic E-state index is -0.680. The van der Waals surface area contributed by atoms with E-state index in [1.165, 1.54) is 17.0 Å². The summed E-state index contributed by atoms with van der Waals surface area (Å²) in [7, 11) is 0. The summed E-state index contributed by atoms with van der Waals surface area (Å²) in [6.45, 7) is 0.735. The zero-order valence-electron chi connectivity index (χ0n) is 13.3. The number of carbonyl (C=O) groups excluding carboxylic acids is 2. The van der Waals surface area contributed by atoms with E-state index in [0.717, 1.165) is 12.8 Å². The van der Waals surface area contributed by atoms with Crippen LogP contribution in [0, 0.1) is 17.1 Å². The van der Waals surface area contributed by atoms with Gasteiger partial charge in [0.25, 0.3) is 5.91 Å². The van der Waals surface area contributed by atoms with Gasteiger partial charge in [-0.15, -0.1) is 0 Å². The van der Waals surface area contributed by atoms with E-state index in [-0.39, 0.29) is 17.5 Å². The van der Waals surface area contributed by atoms with Gasteiger partial charge < -0.3 is 10.6 Å². The second-order valence-corrected chi connectivity index (χ2v) is 6.23. The molecule has 0 aromatic heterocycles. The summed E-state index contributed by atoms with van der Waals surface area (Å²) in [5.41, 5.74) is -0.291. The Hall–Kier alpha value is -2.62. The molecule has 2 aliphatic rings. The number of anilines is 1. The van der Waals surface area contributed by atoms with Crippen LogP contribution >= 0.6 is 0 Å². The standard InChI is InChI=1S/C17H19FN4O2/c18-13-5-3-6-14(12(13)11-19)20-9-4-10-22-15(23)17(21-16(22)24)7-1-2-8-17/h3,5-6,20H,1-2,4,7-10H2,(H,21,24). The number of carbonyl (C=O) groups is 2. The SMILES string of the molecule is N#Cc1c(F)cccc1NCCCN1C(=O)NC2(CCCC2)C1=O. The predicted octanol–water partition coefficient (Wildman–Crippen LogP) is 2.36. The van der Waals surface area contributed by atoms with Gasteiger partial charge in [-0.05, 0) is 31.4 Å². The molecule has 126 valence electrons. The number of halogens is 1. The molecule has 2 N–H and O–H groups in total. The topological polar surface area (TPSA) is 85.2 Å². The molecule has 1 saturated heterocycles. The summed E-state index contributed by atoms with van der Waals surface area (Å²) < 4.78 is 13.5. The van der Waals surface area contributed by atoms with Gasteiger partial charge in [-0.1, -0.05) is 18.9 Å². The molecule has 6 nitrogen and oxygen atoms in total. The van der Waals surface area contributed by atoms with E-state index >= 15 is 0 Å². The molecule has 0 bridgehead atoms. The smallest absolute Gasteiger partial charge is 0.325 e. The van der Waals surface area contributed by atoms with Crippen molar-refractivity contribution < 1.29 is 14.0 Å². The second kappa shape index (κ2) is 6.48. The van der Waals surface area contributed by atoms with E-state index in [1.54, 1.807) is 6.07 Å². The van der Waals surface area contributed by atoms with Crippen LogP contribution in [0.1, 0.15) is 37.7 Å². The Bertz CT molecular complexity index is 707. The van der Waals surface area contributed by atoms with Gasteiger partial charge in [-0.3, -0.25) is 9.69 Å². The van der Waals surface area contributed by atoms with Crippen LogP contribution in [0.3, 0.4) is 0 Å². The lowest BCUT2D eigenvalue weighted by atomic mass is 9.98. The molecule has 0 unspecified atom stereocenters. The van der Waals surface area contributed by atoms with Crippen LogP contribution in [0.5, 0.6) is 0 Å². The molecule has 7 heteroatoms. The summed E-state index contributed by atoms with van der Waals surface area (Å²) in [4.78, 5) is 25.8. The maximum absolute atomic E-state index is 13.5. The first-order valence-corrected chi connectivity index (χ1v) is 8.14. The summed E-state index contributed by atoms with van der Waals surface area (Å²) in [6, 6.07) is 5.89. The van der Waals surface area contributed by atoms with Gasteiger partial charge in [-0.2, -0.15) is 5.26 Å². The number of nitrogens with one attached hydrogen (secondary N) is 2. The normalized spacial score (nSPS) is 18.8. The highest BCUT2D eigenvalue weighted by Crippen LogP contribution is 2.35. The molecule has 1 aliphatic carbocycles. The van der Waals surface area contributed by atoms with Crippen LogP contribution in [0.2, 0.25) is 0 Å². The second-order valence-electron chi connectivity index (χ2n) is 6.23. The molecule has 1 spiro atoms. The summed E-state index contributed by atoms with van der Waals surface area (Å²) in [6.07, 6.45) is 3.86. The highest BCUT2D eigenvalue weighted by atomic mass is 19.1. The third-order valence-electron chi connectivity index (χ3n) is 4.70. The lowest BCUT2D eigenvalue weighted by molar-refractivity contribution is -0.131. The van der Waals surface area contributed by atoms with Gasteiger partial charge in [0, 0.05) is 13.1 Å². The van der Waals surface area contributed by atoms with Crippen molar-refractivity contribution in [2.24, 2.45) is 0 Å². The van der Waals surface area contributed by atoms with Crippen LogP contribution in [0.15, 0.2) is 18.2 Å². The van der Waals surface area contributed by atoms with Crippen LogP contribution in [-0.4, -0.2) is 35.5 Å². The van der Waals surface area contributed by atoms with E-state index in [9.17, 15) is 14.0 Å². The van der Waals surface area contributed by atoms with Crippen molar-refractivity contribution in [3.05, 3.63) is 29.6 Å². The van der Waals surface area contributed by atoms with Crippen molar-refractivity contribution in [3.8, 4) is 6.07 Å². The van der Waals surface area contributed by atoms with Crippen molar-refractivity contribution in [2.45, 2.75) is 37.6 Å². The fraction of sp³-hybridized carbons (Fsp3) is 0.471. The molecule has 1 aromatic rings. The molecule has 24 heavy (non-hydrogen) atoms. The molecular formula is C17H19FN4O2. The number of urea groups is 1. The lowest BCUT2D eigenvalue weighted by Gasteiger charge is -2.20. The highest BCUT2D eigenvalue weighted by molar-refractivity contribution is 6.07. The average molecular weight is 330 g/mol. The minimum Gasteiger partial charge on any atom is -0.384 e. The molecule has 1 aromatic carbocycles. The number of imide groups is 1. The monoisotopic (exact) mass is 330 g/mol. The van der Waals surface area contributed by atoms with E-state index in [0.29, 0.717) is 38.0 Å². The third kappa shape index (κ3) is 2.80. The highest BCUT2D eigenvalue weighted by Gasteiger charge is 2.51. The summed E-state index contributed by atoms with van der Waals surface area (Å²) in [5.74, 6) is -0.701. The van der Waals surface area contributed by atoms with Gasteiger partial charge in [-0.25, -0.2) is 9.18 Å². The van der Waals surface area contributed by atoms with E-state index in [2.05, 4.69) is 10.6 Å². The number of hydrogen-bond acceptors (Lipinski definition) is 4. The molecule has 2 fully saturated rings. The van der Waals surface area contributed by atoms with Crippen LogP contribution in [0.25, 0.3) is 0 Å². The zero-order valence-corrected chi connectivity index (χ0v) is 13.3. The maximum Gasteiger partial charge on any atom is 0.325 e. The largest absolute Gasteiger partial charge is 0.384 e. The first-order chi connectivity index (χ1) is 11.6. The molecule has 1 heterocycles. The number of nitriles is 1. The Morgan fingerprint density at radius 2 is 2.08 bits per heavy atom. The molecule has 0 radical (unpaired) electrons. The summed E-state index contributed by atoms with van der Waals surface area (Å²) in [5, 5.41) is 14.8. The summed E-state index contributed by atoms with van der Waals surface area (Å²) >= 11 is 0. The fourth-order valence-electron chi connectivity index (χ4n) is 3.44. The van der Waals surface area contributed by atoms with Crippen LogP contribution in [0.4, 0.5) is 14.9 Å².